The molecule has 1 fully saturated rings. The lowest BCUT2D eigenvalue weighted by molar-refractivity contribution is -0.131. The lowest BCUT2D eigenvalue weighted by Gasteiger charge is -2.19. The van der Waals surface area contributed by atoms with Crippen LogP contribution >= 0.6 is 0 Å². The molecule has 5 N–H and O–H groups in total. The fourth-order valence-corrected chi connectivity index (χ4v) is 2.92. The van der Waals surface area contributed by atoms with Crippen molar-refractivity contribution in [2.45, 2.75) is 51.1 Å². The lowest BCUT2D eigenvalue weighted by Crippen LogP contribution is -2.54. The Morgan fingerprint density at radius 3 is 2.41 bits per heavy atom. The second-order valence-corrected chi connectivity index (χ2v) is 6.72. The first-order valence-corrected chi connectivity index (χ1v) is 9.13. The first-order valence-electron chi connectivity index (χ1n) is 9.13. The van der Waals surface area contributed by atoms with E-state index in [-0.39, 0.29) is 0 Å². The molecule has 0 saturated heterocycles. The van der Waals surface area contributed by atoms with Gasteiger partial charge in [0.25, 0.3) is 11.8 Å². The van der Waals surface area contributed by atoms with Crippen LogP contribution in [-0.4, -0.2) is 29.1 Å². The van der Waals surface area contributed by atoms with Crippen LogP contribution in [0.1, 0.15) is 54.9 Å². The van der Waals surface area contributed by atoms with Gasteiger partial charge in [-0.2, -0.15) is 0 Å². The molecule has 1 saturated carbocycles. The summed E-state index contributed by atoms with van der Waals surface area (Å²) in [5, 5.41) is 11.2. The first kappa shape index (κ1) is 20.5. The van der Waals surface area contributed by atoms with Gasteiger partial charge in [-0.1, -0.05) is 31.1 Å². The molecule has 0 spiro atoms. The Hall–Kier alpha value is -2.80. The summed E-state index contributed by atoms with van der Waals surface area (Å²) in [5.74, 6) is 11.2. The van der Waals surface area contributed by atoms with Crippen LogP contribution in [0.5, 0.6) is 0 Å². The third-order valence-electron chi connectivity index (χ3n) is 4.50. The molecule has 0 aliphatic heterocycles. The molecule has 27 heavy (non-hydrogen) atoms. The molecule has 0 bridgehead atoms. The highest BCUT2D eigenvalue weighted by molar-refractivity contribution is 5.97. The van der Waals surface area contributed by atoms with E-state index in [2.05, 4.69) is 29.0 Å². The first-order chi connectivity index (χ1) is 13.0. The number of carbonyl (C=O) groups excluding carboxylic acids is 2. The van der Waals surface area contributed by atoms with Crippen molar-refractivity contribution in [3.05, 3.63) is 35.4 Å². The van der Waals surface area contributed by atoms with E-state index in [0.29, 0.717) is 11.5 Å². The van der Waals surface area contributed by atoms with Gasteiger partial charge in [-0.3, -0.25) is 14.8 Å². The summed E-state index contributed by atoms with van der Waals surface area (Å²) >= 11 is 0. The highest BCUT2D eigenvalue weighted by Crippen LogP contribution is 2.22. The molecule has 142 valence electrons. The summed E-state index contributed by atoms with van der Waals surface area (Å²) in [6, 6.07) is 4.98. The Kier molecular flexibility index (Phi) is 7.88. The summed E-state index contributed by atoms with van der Waals surface area (Å²) in [5.41, 5.74) is 8.28. The van der Waals surface area contributed by atoms with Gasteiger partial charge in [0.05, 0.1) is 0 Å². The zero-order chi connectivity index (χ0) is 19.6. The number of benzene rings is 1. The zero-order valence-electron chi connectivity index (χ0n) is 15.4. The van der Waals surface area contributed by atoms with Gasteiger partial charge < -0.3 is 11.1 Å². The van der Waals surface area contributed by atoms with Crippen LogP contribution in [-0.2, 0) is 4.79 Å². The van der Waals surface area contributed by atoms with Gasteiger partial charge in [0.2, 0.25) is 0 Å². The molecule has 0 unspecified atom stereocenters. The maximum Gasteiger partial charge on any atom is 0.267 e. The SMILES string of the molecule is C[C@@H](N)[C@H](NC(=O)c1ccc(C#CC#CC2CCCCC2)cc1)C(=O)NO. The third kappa shape index (κ3) is 6.45. The molecule has 0 radical (unpaired) electrons. The van der Waals surface area contributed by atoms with Crippen molar-refractivity contribution in [3.63, 3.8) is 0 Å². The molecule has 0 aromatic heterocycles. The highest BCUT2D eigenvalue weighted by atomic mass is 16.5. The fraction of sp³-hybridized carbons (Fsp3) is 0.429. The number of nitrogens with one attached hydrogen (secondary N) is 2. The van der Waals surface area contributed by atoms with Gasteiger partial charge >= 0.3 is 0 Å². The van der Waals surface area contributed by atoms with E-state index in [1.807, 2.05) is 0 Å². The Morgan fingerprint density at radius 1 is 1.15 bits per heavy atom. The average molecular weight is 367 g/mol. The van der Waals surface area contributed by atoms with Gasteiger partial charge in [0.1, 0.15) is 6.04 Å². The van der Waals surface area contributed by atoms with Crippen LogP contribution in [0.25, 0.3) is 0 Å². The van der Waals surface area contributed by atoms with E-state index in [1.165, 1.54) is 24.7 Å². The molecular formula is C21H25N3O3. The van der Waals surface area contributed by atoms with Crippen LogP contribution in [0.2, 0.25) is 0 Å². The standard InChI is InChI=1S/C21H25N3O3/c1-15(22)19(21(26)24-27)23-20(25)18-13-11-17(12-14-18)10-6-5-9-16-7-3-2-4-8-16/h11-16,19,27H,2-4,7-8,22H2,1H3,(H,23,25)(H,24,26)/t15-,19+/m1/s1. The largest absolute Gasteiger partial charge is 0.339 e. The number of rotatable bonds is 4. The van der Waals surface area contributed by atoms with Crippen molar-refractivity contribution in [1.82, 2.24) is 10.8 Å². The minimum atomic E-state index is -1.03. The summed E-state index contributed by atoms with van der Waals surface area (Å²) < 4.78 is 0. The second kappa shape index (κ2) is 10.4. The Balaban J connectivity index is 1.96. The number of hydrogen-bond donors (Lipinski definition) is 4. The highest BCUT2D eigenvalue weighted by Gasteiger charge is 2.24. The molecule has 2 amide bonds. The smallest absolute Gasteiger partial charge is 0.267 e. The summed E-state index contributed by atoms with van der Waals surface area (Å²) in [6.07, 6.45) is 6.13. The molecule has 6 nitrogen and oxygen atoms in total. The zero-order valence-corrected chi connectivity index (χ0v) is 15.4. The lowest BCUT2D eigenvalue weighted by atomic mass is 9.90. The van der Waals surface area contributed by atoms with Crippen LogP contribution in [0, 0.1) is 29.6 Å². The summed E-state index contributed by atoms with van der Waals surface area (Å²) in [6.45, 7) is 1.56. The van der Waals surface area contributed by atoms with Gasteiger partial charge in [0.15, 0.2) is 0 Å². The fourth-order valence-electron chi connectivity index (χ4n) is 2.92. The normalized spacial score (nSPS) is 16.0. The summed E-state index contributed by atoms with van der Waals surface area (Å²) in [4.78, 5) is 23.8. The molecule has 1 aliphatic rings. The van der Waals surface area contributed by atoms with E-state index in [0.717, 1.165) is 18.4 Å². The molecule has 0 heterocycles. The van der Waals surface area contributed by atoms with E-state index >= 15 is 0 Å². The van der Waals surface area contributed by atoms with Gasteiger partial charge in [0, 0.05) is 23.1 Å². The van der Waals surface area contributed by atoms with E-state index < -0.39 is 23.9 Å². The summed E-state index contributed by atoms with van der Waals surface area (Å²) in [7, 11) is 0. The molecule has 6 heteroatoms. The van der Waals surface area contributed by atoms with Gasteiger partial charge in [-0.25, -0.2) is 5.48 Å². The number of nitrogens with two attached hydrogens (primary N) is 1. The quantitative estimate of drug-likeness (QED) is 0.368. The van der Waals surface area contributed by atoms with E-state index in [1.54, 1.807) is 31.2 Å². The van der Waals surface area contributed by atoms with Crippen molar-refractivity contribution in [1.29, 1.82) is 0 Å². The predicted molar refractivity (Wildman–Crippen MR) is 103 cm³/mol. The molecular weight excluding hydrogens is 342 g/mol. The van der Waals surface area contributed by atoms with Gasteiger partial charge in [-0.05, 0) is 55.9 Å². The maximum atomic E-state index is 12.2. The van der Waals surface area contributed by atoms with Crippen molar-refractivity contribution in [2.24, 2.45) is 11.7 Å². The minimum absolute atomic E-state index is 0.366. The van der Waals surface area contributed by atoms with E-state index in [4.69, 9.17) is 10.9 Å². The Morgan fingerprint density at radius 2 is 1.81 bits per heavy atom. The van der Waals surface area contributed by atoms with E-state index in [9.17, 15) is 9.59 Å². The monoisotopic (exact) mass is 367 g/mol. The molecule has 1 aromatic rings. The molecule has 2 rings (SSSR count). The van der Waals surface area contributed by atoms with Crippen LogP contribution in [0.3, 0.4) is 0 Å². The Labute approximate surface area is 159 Å². The van der Waals surface area contributed by atoms with Crippen molar-refractivity contribution in [3.8, 4) is 23.7 Å². The van der Waals surface area contributed by atoms with Crippen molar-refractivity contribution >= 4 is 11.8 Å². The third-order valence-corrected chi connectivity index (χ3v) is 4.50. The maximum absolute atomic E-state index is 12.2. The Bertz CT molecular complexity index is 773. The molecule has 2 atom stereocenters. The minimum Gasteiger partial charge on any atom is -0.339 e. The van der Waals surface area contributed by atoms with Crippen molar-refractivity contribution in [2.75, 3.05) is 0 Å². The topological polar surface area (TPSA) is 104 Å². The number of amides is 2. The second-order valence-electron chi connectivity index (χ2n) is 6.72. The molecule has 1 aliphatic carbocycles. The average Bonchev–Trinajstić information content (AvgIpc) is 2.69. The van der Waals surface area contributed by atoms with Crippen molar-refractivity contribution < 1.29 is 14.8 Å². The predicted octanol–water partition coefficient (Wildman–Crippen LogP) is 1.57. The number of hydroxylamine groups is 1. The van der Waals surface area contributed by atoms with Crippen LogP contribution < -0.4 is 16.5 Å². The van der Waals surface area contributed by atoms with Crippen LogP contribution in [0.15, 0.2) is 24.3 Å². The number of carbonyl (C=O) groups is 2. The number of hydrogen-bond acceptors (Lipinski definition) is 4. The molecule has 1 aromatic carbocycles. The van der Waals surface area contributed by atoms with Crippen LogP contribution in [0.4, 0.5) is 0 Å². The van der Waals surface area contributed by atoms with Gasteiger partial charge in [-0.15, -0.1) is 0 Å².